The summed E-state index contributed by atoms with van der Waals surface area (Å²) >= 11 is 11.1. The Balaban J connectivity index is 2.22. The van der Waals surface area contributed by atoms with E-state index in [1.54, 1.807) is 19.2 Å². The number of carbonyl (C=O) groups is 1. The number of rotatable bonds is 2. The van der Waals surface area contributed by atoms with E-state index in [0.29, 0.717) is 15.8 Å². The maximum atomic E-state index is 11.7. The monoisotopic (exact) mass is 278 g/mol. The van der Waals surface area contributed by atoms with Crippen LogP contribution in [0.25, 0.3) is 6.08 Å². The Kier molecular flexibility index (Phi) is 3.79. The minimum Gasteiger partial charge on any atom is -0.328 e. The Morgan fingerprint density at radius 1 is 1.39 bits per heavy atom. The van der Waals surface area contributed by atoms with Crippen molar-refractivity contribution in [2.24, 2.45) is 0 Å². The van der Waals surface area contributed by atoms with E-state index in [1.807, 2.05) is 30.3 Å². The summed E-state index contributed by atoms with van der Waals surface area (Å²) in [5.41, 5.74) is 1.36. The molecule has 0 spiro atoms. The molecule has 3 nitrogen and oxygen atoms in total. The number of thiocarbonyl (C=S) groups is 1. The molecule has 1 fully saturated rings. The van der Waals surface area contributed by atoms with Crippen molar-refractivity contribution >= 4 is 40.9 Å². The SMILES string of the molecule is CN1C(=O)/C(=C\C(Cl)=C\c2ccccc2)NC1=S. The lowest BCUT2D eigenvalue weighted by Gasteiger charge is -2.02. The highest BCUT2D eigenvalue weighted by Crippen LogP contribution is 2.16. The first kappa shape index (κ1) is 12.8. The van der Waals surface area contributed by atoms with Crippen LogP contribution in [0.1, 0.15) is 5.56 Å². The van der Waals surface area contributed by atoms with E-state index in [1.165, 1.54) is 4.90 Å². The van der Waals surface area contributed by atoms with Gasteiger partial charge in [0.05, 0.1) is 0 Å². The van der Waals surface area contributed by atoms with Crippen LogP contribution >= 0.6 is 23.8 Å². The van der Waals surface area contributed by atoms with Crippen molar-refractivity contribution < 1.29 is 4.79 Å². The van der Waals surface area contributed by atoms with Crippen molar-refractivity contribution in [2.75, 3.05) is 7.05 Å². The van der Waals surface area contributed by atoms with E-state index >= 15 is 0 Å². The smallest absolute Gasteiger partial charge is 0.276 e. The van der Waals surface area contributed by atoms with Crippen LogP contribution in [0.15, 0.2) is 47.1 Å². The molecule has 1 saturated heterocycles. The first-order valence-electron chi connectivity index (χ1n) is 5.31. The van der Waals surface area contributed by atoms with Gasteiger partial charge in [0, 0.05) is 12.1 Å². The molecule has 1 aliphatic rings. The number of nitrogens with zero attached hydrogens (tertiary/aromatic N) is 1. The average Bonchev–Trinajstić information content (AvgIpc) is 2.58. The van der Waals surface area contributed by atoms with E-state index in [0.717, 1.165) is 5.56 Å². The predicted octanol–water partition coefficient (Wildman–Crippen LogP) is 2.50. The van der Waals surface area contributed by atoms with Crippen molar-refractivity contribution in [2.45, 2.75) is 0 Å². The summed E-state index contributed by atoms with van der Waals surface area (Å²) < 4.78 is 0. The number of halogens is 1. The molecule has 1 aromatic rings. The van der Waals surface area contributed by atoms with Gasteiger partial charge in [-0.15, -0.1) is 0 Å². The molecule has 1 aromatic carbocycles. The van der Waals surface area contributed by atoms with Crippen LogP contribution in [-0.2, 0) is 4.79 Å². The van der Waals surface area contributed by atoms with E-state index in [2.05, 4.69) is 5.32 Å². The van der Waals surface area contributed by atoms with Gasteiger partial charge in [-0.2, -0.15) is 0 Å². The number of benzene rings is 1. The minimum atomic E-state index is -0.181. The van der Waals surface area contributed by atoms with Crippen molar-refractivity contribution in [3.8, 4) is 0 Å². The highest BCUT2D eigenvalue weighted by molar-refractivity contribution is 7.80. The largest absolute Gasteiger partial charge is 0.328 e. The molecule has 92 valence electrons. The summed E-state index contributed by atoms with van der Waals surface area (Å²) in [6, 6.07) is 9.64. The second-order valence-corrected chi connectivity index (χ2v) is 4.62. The van der Waals surface area contributed by atoms with Crippen LogP contribution in [0.3, 0.4) is 0 Å². The predicted molar refractivity (Wildman–Crippen MR) is 76.9 cm³/mol. The molecule has 1 heterocycles. The van der Waals surface area contributed by atoms with Gasteiger partial charge in [-0.05, 0) is 29.9 Å². The van der Waals surface area contributed by atoms with Gasteiger partial charge >= 0.3 is 0 Å². The molecule has 0 bridgehead atoms. The van der Waals surface area contributed by atoms with E-state index in [9.17, 15) is 4.79 Å². The van der Waals surface area contributed by atoms with Crippen molar-refractivity contribution in [3.63, 3.8) is 0 Å². The van der Waals surface area contributed by atoms with Crippen LogP contribution in [-0.4, -0.2) is 23.0 Å². The molecule has 0 radical (unpaired) electrons. The highest BCUT2D eigenvalue weighted by atomic mass is 35.5. The fourth-order valence-electron chi connectivity index (χ4n) is 1.51. The van der Waals surface area contributed by atoms with E-state index in [4.69, 9.17) is 23.8 Å². The molecule has 0 aliphatic carbocycles. The fourth-order valence-corrected chi connectivity index (χ4v) is 1.94. The average molecular weight is 279 g/mol. The number of carbonyl (C=O) groups excluding carboxylic acids is 1. The lowest BCUT2D eigenvalue weighted by Crippen LogP contribution is -2.25. The molecule has 0 aromatic heterocycles. The Labute approximate surface area is 116 Å². The lowest BCUT2D eigenvalue weighted by molar-refractivity contribution is -0.121. The van der Waals surface area contributed by atoms with Gasteiger partial charge in [0.15, 0.2) is 5.11 Å². The summed E-state index contributed by atoms with van der Waals surface area (Å²) in [5, 5.41) is 3.67. The molecule has 0 unspecified atom stereocenters. The minimum absolute atomic E-state index is 0.181. The summed E-state index contributed by atoms with van der Waals surface area (Å²) in [5.74, 6) is -0.181. The van der Waals surface area contributed by atoms with Gasteiger partial charge in [-0.25, -0.2) is 0 Å². The Hall–Kier alpha value is -1.65. The van der Waals surface area contributed by atoms with Crippen LogP contribution in [0, 0.1) is 0 Å². The number of amides is 1. The molecule has 0 saturated carbocycles. The van der Waals surface area contributed by atoms with Crippen molar-refractivity contribution in [1.82, 2.24) is 10.2 Å². The van der Waals surface area contributed by atoms with Crippen LogP contribution in [0.5, 0.6) is 0 Å². The van der Waals surface area contributed by atoms with Gasteiger partial charge in [-0.1, -0.05) is 41.9 Å². The Morgan fingerprint density at radius 3 is 2.61 bits per heavy atom. The number of allylic oxidation sites excluding steroid dienone is 2. The maximum absolute atomic E-state index is 11.7. The molecule has 1 amide bonds. The normalized spacial score (nSPS) is 18.4. The van der Waals surface area contributed by atoms with Crippen LogP contribution in [0.4, 0.5) is 0 Å². The zero-order chi connectivity index (χ0) is 13.1. The summed E-state index contributed by atoms with van der Waals surface area (Å²) in [6.45, 7) is 0. The fraction of sp³-hybridized carbons (Fsp3) is 0.0769. The Bertz CT molecular complexity index is 551. The second-order valence-electron chi connectivity index (χ2n) is 3.79. The number of hydrogen-bond donors (Lipinski definition) is 1. The van der Waals surface area contributed by atoms with Crippen LogP contribution in [0.2, 0.25) is 0 Å². The zero-order valence-corrected chi connectivity index (χ0v) is 11.3. The van der Waals surface area contributed by atoms with Crippen LogP contribution < -0.4 is 5.32 Å². The summed E-state index contributed by atoms with van der Waals surface area (Å²) in [4.78, 5) is 13.1. The third kappa shape index (κ3) is 2.78. The molecule has 1 N–H and O–H groups in total. The zero-order valence-electron chi connectivity index (χ0n) is 9.68. The maximum Gasteiger partial charge on any atom is 0.276 e. The second kappa shape index (κ2) is 5.33. The molecule has 18 heavy (non-hydrogen) atoms. The molecule has 5 heteroatoms. The van der Waals surface area contributed by atoms with E-state index < -0.39 is 0 Å². The summed E-state index contributed by atoms with van der Waals surface area (Å²) in [6.07, 6.45) is 3.36. The first-order chi connectivity index (χ1) is 8.58. The van der Waals surface area contributed by atoms with Gasteiger partial charge < -0.3 is 5.32 Å². The Morgan fingerprint density at radius 2 is 2.06 bits per heavy atom. The van der Waals surface area contributed by atoms with Crippen molar-refractivity contribution in [3.05, 3.63) is 52.7 Å². The molecular weight excluding hydrogens is 268 g/mol. The standard InChI is InChI=1S/C13H11ClN2OS/c1-16-12(17)11(15-13(16)18)8-10(14)7-9-5-3-2-4-6-9/h2-8H,1H3,(H,15,18)/b10-7-,11-8+. The molecule has 2 rings (SSSR count). The van der Waals surface area contributed by atoms with Gasteiger partial charge in [0.1, 0.15) is 5.70 Å². The van der Waals surface area contributed by atoms with Crippen molar-refractivity contribution in [1.29, 1.82) is 0 Å². The third-order valence-electron chi connectivity index (χ3n) is 2.47. The first-order valence-corrected chi connectivity index (χ1v) is 6.09. The quantitative estimate of drug-likeness (QED) is 0.666. The third-order valence-corrected chi connectivity index (χ3v) is 3.06. The van der Waals surface area contributed by atoms with Gasteiger partial charge in [0.25, 0.3) is 5.91 Å². The highest BCUT2D eigenvalue weighted by Gasteiger charge is 2.26. The molecule has 0 atom stereocenters. The number of hydrogen-bond acceptors (Lipinski definition) is 2. The van der Waals surface area contributed by atoms with E-state index in [-0.39, 0.29) is 5.91 Å². The summed E-state index contributed by atoms with van der Waals surface area (Å²) in [7, 11) is 1.62. The van der Waals surface area contributed by atoms with Gasteiger partial charge in [0.2, 0.25) is 0 Å². The molecule has 1 aliphatic heterocycles. The lowest BCUT2D eigenvalue weighted by atomic mass is 10.2. The van der Waals surface area contributed by atoms with Gasteiger partial charge in [-0.3, -0.25) is 9.69 Å². The number of nitrogens with one attached hydrogen (secondary N) is 1. The molecular formula is C13H11ClN2OS. The topological polar surface area (TPSA) is 32.3 Å². The number of likely N-dealkylation sites (N-methyl/N-ethyl adjacent to an activating group) is 1.